The molecule has 2 nitrogen and oxygen atoms in total. The molecule has 0 heterocycles. The van der Waals surface area contributed by atoms with Crippen molar-refractivity contribution in [3.63, 3.8) is 0 Å². The minimum absolute atomic E-state index is 0.0903. The van der Waals surface area contributed by atoms with E-state index in [0.29, 0.717) is 6.61 Å². The Labute approximate surface area is 52.6 Å². The van der Waals surface area contributed by atoms with E-state index in [4.69, 9.17) is 0 Å². The molecule has 0 fully saturated rings. The van der Waals surface area contributed by atoms with Gasteiger partial charge in [0.1, 0.15) is 12.5 Å². The van der Waals surface area contributed by atoms with E-state index in [-0.39, 0.29) is 16.2 Å². The standard InChI is InChI=1S/C5H11O2S/c1-4-7-5(6)8(2)3/h4H2,1-3H3/q+1. The minimum Gasteiger partial charge on any atom is -0.426 e. The number of hydrogen-bond donors (Lipinski definition) is 0. The Morgan fingerprint density at radius 1 is 1.62 bits per heavy atom. The molecule has 0 spiro atoms. The van der Waals surface area contributed by atoms with Crippen LogP contribution in [-0.4, -0.2) is 24.4 Å². The summed E-state index contributed by atoms with van der Waals surface area (Å²) in [5.41, 5.74) is 0. The first-order chi connectivity index (χ1) is 3.68. The van der Waals surface area contributed by atoms with E-state index in [9.17, 15) is 4.79 Å². The average Bonchev–Trinajstić information content (AvgIpc) is 1.67. The maximum atomic E-state index is 10.5. The quantitative estimate of drug-likeness (QED) is 0.396. The Morgan fingerprint density at radius 3 is 2.25 bits per heavy atom. The highest BCUT2D eigenvalue weighted by atomic mass is 32.2. The fourth-order valence-electron chi connectivity index (χ4n) is 0.236. The van der Waals surface area contributed by atoms with Crippen molar-refractivity contribution in [3.05, 3.63) is 0 Å². The highest BCUT2D eigenvalue weighted by Crippen LogP contribution is 1.90. The van der Waals surface area contributed by atoms with Crippen molar-refractivity contribution < 1.29 is 9.53 Å². The van der Waals surface area contributed by atoms with Crippen molar-refractivity contribution >= 4 is 16.2 Å². The Kier molecular flexibility index (Phi) is 3.69. The molecule has 0 saturated heterocycles. The molecule has 3 heteroatoms. The second-order valence-electron chi connectivity index (χ2n) is 1.50. The second kappa shape index (κ2) is 3.78. The lowest BCUT2D eigenvalue weighted by atomic mass is 10.9. The summed E-state index contributed by atoms with van der Waals surface area (Å²) in [7, 11) is -0.221. The molecule has 0 atom stereocenters. The van der Waals surface area contributed by atoms with Crippen LogP contribution in [0.25, 0.3) is 0 Å². The summed E-state index contributed by atoms with van der Waals surface area (Å²) < 4.78 is 4.68. The molecule has 0 aliphatic carbocycles. The molecule has 0 aromatic rings. The highest BCUT2D eigenvalue weighted by molar-refractivity contribution is 8.09. The number of rotatable bonds is 1. The molecule has 0 radical (unpaired) electrons. The number of ether oxygens (including phenoxy) is 1. The Hall–Kier alpha value is -0.180. The maximum Gasteiger partial charge on any atom is 0.524 e. The first-order valence-electron chi connectivity index (χ1n) is 2.42. The molecular weight excluding hydrogens is 124 g/mol. The predicted molar refractivity (Wildman–Crippen MR) is 36.2 cm³/mol. The van der Waals surface area contributed by atoms with Gasteiger partial charge in [-0.25, -0.2) is 0 Å². The van der Waals surface area contributed by atoms with Gasteiger partial charge < -0.3 is 4.74 Å². The molecule has 0 aliphatic rings. The molecule has 8 heavy (non-hydrogen) atoms. The Balaban J connectivity index is 3.33. The van der Waals surface area contributed by atoms with E-state index < -0.39 is 0 Å². The summed E-state index contributed by atoms with van der Waals surface area (Å²) in [5.74, 6) is 0. The van der Waals surface area contributed by atoms with Crippen LogP contribution < -0.4 is 0 Å². The fourth-order valence-corrected chi connectivity index (χ4v) is 0.589. The third-order valence-corrected chi connectivity index (χ3v) is 1.38. The van der Waals surface area contributed by atoms with Gasteiger partial charge in [0.05, 0.1) is 17.5 Å². The van der Waals surface area contributed by atoms with Crippen LogP contribution in [-0.2, 0) is 15.6 Å². The molecule has 0 amide bonds. The van der Waals surface area contributed by atoms with Crippen molar-refractivity contribution in [1.29, 1.82) is 0 Å². The van der Waals surface area contributed by atoms with Gasteiger partial charge >= 0.3 is 5.30 Å². The molecule has 0 aromatic carbocycles. The monoisotopic (exact) mass is 135 g/mol. The van der Waals surface area contributed by atoms with Crippen LogP contribution in [0.2, 0.25) is 0 Å². The topological polar surface area (TPSA) is 26.3 Å². The first kappa shape index (κ1) is 7.82. The molecular formula is C5H11O2S+. The van der Waals surface area contributed by atoms with E-state index in [1.54, 1.807) is 0 Å². The van der Waals surface area contributed by atoms with E-state index in [1.165, 1.54) is 0 Å². The molecule has 0 aromatic heterocycles. The minimum atomic E-state index is -0.221. The van der Waals surface area contributed by atoms with Crippen LogP contribution >= 0.6 is 0 Å². The third-order valence-electron chi connectivity index (χ3n) is 0.596. The van der Waals surface area contributed by atoms with Crippen molar-refractivity contribution in [1.82, 2.24) is 0 Å². The zero-order chi connectivity index (χ0) is 6.57. The summed E-state index contributed by atoms with van der Waals surface area (Å²) >= 11 is 0. The van der Waals surface area contributed by atoms with Crippen molar-refractivity contribution in [2.24, 2.45) is 0 Å². The van der Waals surface area contributed by atoms with Gasteiger partial charge in [0.2, 0.25) is 0 Å². The molecule has 0 bridgehead atoms. The van der Waals surface area contributed by atoms with Crippen LogP contribution in [0, 0.1) is 0 Å². The lowest BCUT2D eigenvalue weighted by Crippen LogP contribution is -2.12. The summed E-state index contributed by atoms with van der Waals surface area (Å²) in [6, 6.07) is 0. The van der Waals surface area contributed by atoms with Crippen LogP contribution in [0.3, 0.4) is 0 Å². The van der Waals surface area contributed by atoms with Crippen molar-refractivity contribution in [3.8, 4) is 0 Å². The SMILES string of the molecule is CCOC(=O)[S+](C)C. The number of carbonyl (C=O) groups is 1. The normalized spacial score (nSPS) is 9.50. The summed E-state index contributed by atoms with van der Waals surface area (Å²) in [6.45, 7) is 2.30. The molecule has 0 unspecified atom stereocenters. The highest BCUT2D eigenvalue weighted by Gasteiger charge is 2.17. The van der Waals surface area contributed by atoms with Gasteiger partial charge in [0.15, 0.2) is 0 Å². The van der Waals surface area contributed by atoms with Gasteiger partial charge in [-0.3, -0.25) is 0 Å². The van der Waals surface area contributed by atoms with Gasteiger partial charge in [-0.1, -0.05) is 0 Å². The van der Waals surface area contributed by atoms with Crippen LogP contribution in [0.5, 0.6) is 0 Å². The van der Waals surface area contributed by atoms with Crippen LogP contribution in [0.15, 0.2) is 0 Å². The summed E-state index contributed by atoms with van der Waals surface area (Å²) in [4.78, 5) is 10.5. The van der Waals surface area contributed by atoms with Gasteiger partial charge in [-0.2, -0.15) is 4.79 Å². The smallest absolute Gasteiger partial charge is 0.426 e. The molecule has 0 saturated carbocycles. The summed E-state index contributed by atoms with van der Waals surface area (Å²) in [5, 5.41) is -0.0903. The third kappa shape index (κ3) is 2.91. The fraction of sp³-hybridized carbons (Fsp3) is 0.800. The zero-order valence-electron chi connectivity index (χ0n) is 5.43. The van der Waals surface area contributed by atoms with Crippen molar-refractivity contribution in [2.75, 3.05) is 19.1 Å². The largest absolute Gasteiger partial charge is 0.524 e. The lowest BCUT2D eigenvalue weighted by molar-refractivity contribution is 0.181. The van der Waals surface area contributed by atoms with Gasteiger partial charge in [0.25, 0.3) is 0 Å². The number of carbonyl (C=O) groups excluding carboxylic acids is 1. The van der Waals surface area contributed by atoms with Crippen molar-refractivity contribution in [2.45, 2.75) is 6.92 Å². The molecule has 0 N–H and O–H groups in total. The van der Waals surface area contributed by atoms with Crippen LogP contribution in [0.4, 0.5) is 4.79 Å². The van der Waals surface area contributed by atoms with E-state index in [2.05, 4.69) is 4.74 Å². The maximum absolute atomic E-state index is 10.5. The van der Waals surface area contributed by atoms with E-state index in [1.807, 2.05) is 19.4 Å². The average molecular weight is 135 g/mol. The van der Waals surface area contributed by atoms with Gasteiger partial charge in [-0.15, -0.1) is 0 Å². The second-order valence-corrected chi connectivity index (χ2v) is 3.47. The first-order valence-corrected chi connectivity index (χ1v) is 4.47. The Morgan fingerprint density at radius 2 is 2.12 bits per heavy atom. The van der Waals surface area contributed by atoms with E-state index in [0.717, 1.165) is 0 Å². The summed E-state index contributed by atoms with van der Waals surface area (Å²) in [6.07, 6.45) is 3.69. The predicted octanol–water partition coefficient (Wildman–Crippen LogP) is 1.02. The molecule has 0 aliphatic heterocycles. The lowest BCUT2D eigenvalue weighted by Gasteiger charge is -1.93. The van der Waals surface area contributed by atoms with E-state index >= 15 is 0 Å². The Bertz CT molecular complexity index is 80.5. The van der Waals surface area contributed by atoms with Gasteiger partial charge in [-0.05, 0) is 6.92 Å². The van der Waals surface area contributed by atoms with Gasteiger partial charge in [0, 0.05) is 0 Å². The number of hydrogen-bond acceptors (Lipinski definition) is 2. The zero-order valence-corrected chi connectivity index (χ0v) is 6.25. The molecule has 0 rings (SSSR count). The van der Waals surface area contributed by atoms with Crippen LogP contribution in [0.1, 0.15) is 6.92 Å². The molecule has 48 valence electrons.